The molecule has 0 radical (unpaired) electrons. The van der Waals surface area contributed by atoms with E-state index in [9.17, 15) is 25.2 Å². The highest BCUT2D eigenvalue weighted by atomic mass is 16.4. The Balaban J connectivity index is 2.32. The molecule has 4 N–H and O–H groups in total. The van der Waals surface area contributed by atoms with Crippen LogP contribution in [-0.2, 0) is 6.42 Å². The molecule has 0 amide bonds. The van der Waals surface area contributed by atoms with Crippen LogP contribution in [0.25, 0.3) is 21.9 Å². The quantitative estimate of drug-likeness (QED) is 0.278. The first-order valence-electron chi connectivity index (χ1n) is 9.25. The van der Waals surface area contributed by atoms with E-state index in [4.69, 9.17) is 4.42 Å². The lowest BCUT2D eigenvalue weighted by molar-refractivity contribution is 0.400. The lowest BCUT2D eigenvalue weighted by Crippen LogP contribution is -2.09. The number of allylic oxidation sites excluding steroid dienone is 3. The third-order valence-electron chi connectivity index (χ3n) is 5.08. The van der Waals surface area contributed by atoms with Gasteiger partial charge in [-0.1, -0.05) is 23.8 Å². The maximum Gasteiger partial charge on any atom is 0.204 e. The second-order valence-electron chi connectivity index (χ2n) is 7.60. The molecule has 1 heterocycles. The van der Waals surface area contributed by atoms with Gasteiger partial charge in [0.05, 0.1) is 5.39 Å². The summed E-state index contributed by atoms with van der Waals surface area (Å²) in [6.45, 7) is 9.89. The molecular weight excluding hydrogens is 372 g/mol. The molecule has 0 saturated heterocycles. The van der Waals surface area contributed by atoms with E-state index in [0.29, 0.717) is 18.4 Å². The standard InChI is InChI=1S/C23H24O6/c1-11(2)5-6-13(12(3)4)9-15-17(25)10-18(26)19-20(27)14-7-8-16(24)21(28)23(14)29-22(15)19/h5,7-8,10,13,24-26,28H,3,6,9H2,1-2,4H3/t13-/m0/s1. The molecule has 0 aliphatic heterocycles. The van der Waals surface area contributed by atoms with Crippen LogP contribution in [0.3, 0.4) is 0 Å². The summed E-state index contributed by atoms with van der Waals surface area (Å²) in [4.78, 5) is 12.9. The minimum absolute atomic E-state index is 0.0146. The monoisotopic (exact) mass is 396 g/mol. The predicted molar refractivity (Wildman–Crippen MR) is 113 cm³/mol. The summed E-state index contributed by atoms with van der Waals surface area (Å²) in [5, 5.41) is 40.7. The van der Waals surface area contributed by atoms with Crippen molar-refractivity contribution in [2.75, 3.05) is 0 Å². The Morgan fingerprint density at radius 2 is 1.76 bits per heavy atom. The van der Waals surface area contributed by atoms with Gasteiger partial charge in [0, 0.05) is 11.6 Å². The summed E-state index contributed by atoms with van der Waals surface area (Å²) in [6.07, 6.45) is 3.06. The van der Waals surface area contributed by atoms with E-state index < -0.39 is 22.7 Å². The van der Waals surface area contributed by atoms with Crippen molar-refractivity contribution in [2.45, 2.75) is 33.6 Å². The fraction of sp³-hybridized carbons (Fsp3) is 0.261. The molecule has 1 atom stereocenters. The van der Waals surface area contributed by atoms with Gasteiger partial charge in [-0.15, -0.1) is 0 Å². The van der Waals surface area contributed by atoms with Crippen molar-refractivity contribution in [1.82, 2.24) is 0 Å². The van der Waals surface area contributed by atoms with Crippen LogP contribution >= 0.6 is 0 Å². The second kappa shape index (κ2) is 7.54. The number of hydrogen-bond donors (Lipinski definition) is 4. The van der Waals surface area contributed by atoms with Crippen molar-refractivity contribution in [3.05, 3.63) is 57.8 Å². The van der Waals surface area contributed by atoms with Crippen molar-refractivity contribution < 1.29 is 24.8 Å². The minimum atomic E-state index is -0.573. The Kier molecular flexibility index (Phi) is 5.29. The zero-order valence-electron chi connectivity index (χ0n) is 16.6. The molecule has 0 spiro atoms. The summed E-state index contributed by atoms with van der Waals surface area (Å²) in [5.41, 5.74) is 1.58. The van der Waals surface area contributed by atoms with Crippen LogP contribution in [0.2, 0.25) is 0 Å². The number of fused-ring (bicyclic) bond motifs is 2. The molecule has 3 aromatic rings. The van der Waals surface area contributed by atoms with Crippen LogP contribution in [0.15, 0.2) is 51.2 Å². The van der Waals surface area contributed by atoms with Gasteiger partial charge in [0.25, 0.3) is 0 Å². The molecule has 0 unspecified atom stereocenters. The summed E-state index contributed by atoms with van der Waals surface area (Å²) in [6, 6.07) is 3.61. The van der Waals surface area contributed by atoms with E-state index in [-0.39, 0.29) is 33.6 Å². The smallest absolute Gasteiger partial charge is 0.204 e. The van der Waals surface area contributed by atoms with E-state index in [1.165, 1.54) is 12.1 Å². The highest BCUT2D eigenvalue weighted by molar-refractivity contribution is 5.98. The van der Waals surface area contributed by atoms with E-state index in [2.05, 4.69) is 12.7 Å². The van der Waals surface area contributed by atoms with Crippen molar-refractivity contribution in [1.29, 1.82) is 0 Å². The first kappa shape index (κ1) is 20.3. The van der Waals surface area contributed by atoms with E-state index >= 15 is 0 Å². The third kappa shape index (κ3) is 3.66. The zero-order valence-corrected chi connectivity index (χ0v) is 16.6. The number of aromatic hydroxyl groups is 4. The van der Waals surface area contributed by atoms with Crippen LogP contribution in [-0.4, -0.2) is 20.4 Å². The fourth-order valence-corrected chi connectivity index (χ4v) is 3.36. The molecular formula is C23H24O6. The van der Waals surface area contributed by atoms with Crippen LogP contribution < -0.4 is 5.43 Å². The fourth-order valence-electron chi connectivity index (χ4n) is 3.36. The Morgan fingerprint density at radius 1 is 1.07 bits per heavy atom. The summed E-state index contributed by atoms with van der Waals surface area (Å²) in [7, 11) is 0. The Hall–Kier alpha value is -3.41. The van der Waals surface area contributed by atoms with Crippen molar-refractivity contribution >= 4 is 21.9 Å². The molecule has 0 saturated carbocycles. The Morgan fingerprint density at radius 3 is 2.38 bits per heavy atom. The van der Waals surface area contributed by atoms with Gasteiger partial charge in [-0.2, -0.15) is 0 Å². The van der Waals surface area contributed by atoms with Crippen LogP contribution in [0.1, 0.15) is 32.8 Å². The lowest BCUT2D eigenvalue weighted by atomic mass is 9.88. The number of phenols is 4. The van der Waals surface area contributed by atoms with Gasteiger partial charge in [0.1, 0.15) is 22.5 Å². The van der Waals surface area contributed by atoms with Gasteiger partial charge < -0.3 is 24.8 Å². The minimum Gasteiger partial charge on any atom is -0.507 e. The van der Waals surface area contributed by atoms with Crippen molar-refractivity contribution in [3.8, 4) is 23.0 Å². The molecule has 0 aliphatic carbocycles. The molecule has 2 aromatic carbocycles. The van der Waals surface area contributed by atoms with Gasteiger partial charge in [0.2, 0.25) is 11.2 Å². The molecule has 3 rings (SSSR count). The maximum atomic E-state index is 12.9. The first-order valence-corrected chi connectivity index (χ1v) is 9.25. The van der Waals surface area contributed by atoms with E-state index in [0.717, 1.165) is 17.2 Å². The average Bonchev–Trinajstić information content (AvgIpc) is 2.63. The molecule has 0 fully saturated rings. The molecule has 29 heavy (non-hydrogen) atoms. The highest BCUT2D eigenvalue weighted by Gasteiger charge is 2.23. The van der Waals surface area contributed by atoms with Gasteiger partial charge in [-0.3, -0.25) is 4.79 Å². The molecule has 6 heteroatoms. The predicted octanol–water partition coefficient (Wildman–Crippen LogP) is 4.86. The van der Waals surface area contributed by atoms with Crippen molar-refractivity contribution in [3.63, 3.8) is 0 Å². The summed E-state index contributed by atoms with van der Waals surface area (Å²) in [5.74, 6) is -1.69. The second-order valence-corrected chi connectivity index (χ2v) is 7.60. The molecule has 6 nitrogen and oxygen atoms in total. The van der Waals surface area contributed by atoms with Crippen LogP contribution in [0, 0.1) is 5.92 Å². The van der Waals surface area contributed by atoms with Crippen molar-refractivity contribution in [2.24, 2.45) is 5.92 Å². The molecule has 0 bridgehead atoms. The van der Waals surface area contributed by atoms with E-state index in [1.807, 2.05) is 20.8 Å². The normalized spacial score (nSPS) is 12.2. The Bertz CT molecular complexity index is 1210. The number of phenolic OH excluding ortho intramolecular Hbond substituents is 4. The molecule has 152 valence electrons. The zero-order chi connectivity index (χ0) is 21.5. The van der Waals surface area contributed by atoms with Gasteiger partial charge >= 0.3 is 0 Å². The topological polar surface area (TPSA) is 111 Å². The van der Waals surface area contributed by atoms with Gasteiger partial charge in [-0.05, 0) is 51.7 Å². The summed E-state index contributed by atoms with van der Waals surface area (Å²) < 4.78 is 5.76. The van der Waals surface area contributed by atoms with Crippen LogP contribution in [0.5, 0.6) is 23.0 Å². The number of rotatable bonds is 5. The van der Waals surface area contributed by atoms with E-state index in [1.54, 1.807) is 0 Å². The average molecular weight is 396 g/mol. The molecule has 0 aliphatic rings. The van der Waals surface area contributed by atoms with Crippen LogP contribution in [0.4, 0.5) is 0 Å². The first-order chi connectivity index (χ1) is 13.6. The largest absolute Gasteiger partial charge is 0.507 e. The van der Waals surface area contributed by atoms with Gasteiger partial charge in [0.15, 0.2) is 11.3 Å². The SMILES string of the molecule is C=C(C)[C@@H](CC=C(C)C)Cc1c(O)cc(O)c2c(=O)c3ccc(O)c(O)c3oc12. The highest BCUT2D eigenvalue weighted by Crippen LogP contribution is 2.40. The third-order valence-corrected chi connectivity index (χ3v) is 5.08. The Labute approximate surface area is 167 Å². The maximum absolute atomic E-state index is 12.9. The molecule has 1 aromatic heterocycles. The number of hydrogen-bond acceptors (Lipinski definition) is 6. The number of benzene rings is 2. The lowest BCUT2D eigenvalue weighted by Gasteiger charge is -2.18. The van der Waals surface area contributed by atoms with Gasteiger partial charge in [-0.25, -0.2) is 0 Å². The summed E-state index contributed by atoms with van der Waals surface area (Å²) >= 11 is 0.